The highest BCUT2D eigenvalue weighted by atomic mass is 16.2. The zero-order valence-electron chi connectivity index (χ0n) is 18.7. The lowest BCUT2D eigenvalue weighted by Crippen LogP contribution is -2.20. The molecule has 1 amide bonds. The van der Waals surface area contributed by atoms with Crippen LogP contribution in [0.15, 0.2) is 0 Å². The van der Waals surface area contributed by atoms with Gasteiger partial charge in [-0.05, 0) is 19.4 Å². The highest BCUT2D eigenvalue weighted by Crippen LogP contribution is 2.13. The van der Waals surface area contributed by atoms with Crippen molar-refractivity contribution in [2.45, 2.75) is 123 Å². The Morgan fingerprint density at radius 2 is 0.923 bits per heavy atom. The Labute approximate surface area is 165 Å². The molecular formula is C23H50N2O. The first-order valence-electron chi connectivity index (χ1n) is 11.5. The molecule has 0 radical (unpaired) electrons. The molecule has 0 heterocycles. The zero-order chi connectivity index (χ0) is 19.9. The van der Waals surface area contributed by atoms with Gasteiger partial charge in [0.05, 0.1) is 0 Å². The van der Waals surface area contributed by atoms with E-state index in [0.29, 0.717) is 0 Å². The Bertz CT molecular complexity index is 265. The van der Waals surface area contributed by atoms with Crippen molar-refractivity contribution in [3.8, 4) is 0 Å². The minimum atomic E-state index is 0.273. The molecule has 3 nitrogen and oxygen atoms in total. The summed E-state index contributed by atoms with van der Waals surface area (Å²) < 4.78 is 0. The highest BCUT2D eigenvalue weighted by molar-refractivity contribution is 5.75. The van der Waals surface area contributed by atoms with Gasteiger partial charge in [-0.2, -0.15) is 0 Å². The van der Waals surface area contributed by atoms with E-state index in [-0.39, 0.29) is 5.91 Å². The van der Waals surface area contributed by atoms with Crippen molar-refractivity contribution < 1.29 is 4.79 Å². The van der Waals surface area contributed by atoms with E-state index in [4.69, 9.17) is 5.73 Å². The number of nitrogens with two attached hydrogens (primary N) is 1. The molecular weight excluding hydrogens is 320 g/mol. The average molecular weight is 371 g/mol. The number of hydrogen-bond acceptors (Lipinski definition) is 2. The van der Waals surface area contributed by atoms with Crippen molar-refractivity contribution in [1.29, 1.82) is 0 Å². The molecule has 0 aliphatic heterocycles. The summed E-state index contributed by atoms with van der Waals surface area (Å²) in [5, 5.41) is 0. The summed E-state index contributed by atoms with van der Waals surface area (Å²) in [5.41, 5.74) is 5.03. The number of carbonyl (C=O) groups is 1. The molecule has 158 valence electrons. The number of amides is 1. The van der Waals surface area contributed by atoms with E-state index in [9.17, 15) is 4.79 Å². The average Bonchev–Trinajstić information content (AvgIpc) is 2.64. The number of rotatable bonds is 17. The number of nitrogens with zero attached hydrogens (tertiary/aromatic N) is 1. The Hall–Kier alpha value is -0.570. The minimum absolute atomic E-state index is 0.273. The monoisotopic (exact) mass is 370 g/mol. The van der Waals surface area contributed by atoms with Gasteiger partial charge in [-0.3, -0.25) is 4.79 Å². The standard InChI is InChI=1S/C20H41NO.C3H9N/c1-4-5-6-7-8-9-10-11-12-13-14-15-16-17-18-19-20(22)21(2)3;1-2-3-4/h4-19H2,1-3H3;2-4H2,1H3. The SMILES string of the molecule is CCCCCCCCCCCCCCCCCC(=O)N(C)C.CCCN. The van der Waals surface area contributed by atoms with E-state index < -0.39 is 0 Å². The molecule has 0 rings (SSSR count). The fraction of sp³-hybridized carbons (Fsp3) is 0.957. The minimum Gasteiger partial charge on any atom is -0.349 e. The quantitative estimate of drug-likeness (QED) is 0.290. The Kier molecular flexibility index (Phi) is 26.0. The predicted molar refractivity (Wildman–Crippen MR) is 118 cm³/mol. The molecule has 0 spiro atoms. The van der Waals surface area contributed by atoms with E-state index in [1.54, 1.807) is 4.90 Å². The van der Waals surface area contributed by atoms with Crippen LogP contribution in [0, 0.1) is 0 Å². The molecule has 0 unspecified atom stereocenters. The van der Waals surface area contributed by atoms with Crippen LogP contribution in [-0.2, 0) is 4.79 Å². The fourth-order valence-corrected chi connectivity index (χ4v) is 2.87. The van der Waals surface area contributed by atoms with Crippen molar-refractivity contribution in [3.05, 3.63) is 0 Å². The van der Waals surface area contributed by atoms with Crippen LogP contribution in [0.1, 0.15) is 123 Å². The van der Waals surface area contributed by atoms with Gasteiger partial charge in [0.15, 0.2) is 0 Å². The third-order valence-corrected chi connectivity index (χ3v) is 4.78. The largest absolute Gasteiger partial charge is 0.349 e. The summed E-state index contributed by atoms with van der Waals surface area (Å²) in [6.45, 7) is 5.16. The first-order valence-corrected chi connectivity index (χ1v) is 11.5. The second kappa shape index (κ2) is 24.4. The third kappa shape index (κ3) is 25.7. The Morgan fingerprint density at radius 3 is 1.19 bits per heavy atom. The number of carbonyl (C=O) groups excluding carboxylic acids is 1. The van der Waals surface area contributed by atoms with Gasteiger partial charge in [0.1, 0.15) is 0 Å². The second-order valence-electron chi connectivity index (χ2n) is 7.78. The first kappa shape index (κ1) is 27.6. The maximum Gasteiger partial charge on any atom is 0.222 e. The molecule has 0 atom stereocenters. The molecule has 0 fully saturated rings. The van der Waals surface area contributed by atoms with Crippen molar-refractivity contribution >= 4 is 5.91 Å². The van der Waals surface area contributed by atoms with Crippen molar-refractivity contribution in [3.63, 3.8) is 0 Å². The van der Waals surface area contributed by atoms with Gasteiger partial charge >= 0.3 is 0 Å². The summed E-state index contributed by atoms with van der Waals surface area (Å²) in [6.07, 6.45) is 22.4. The molecule has 0 aliphatic carbocycles. The summed E-state index contributed by atoms with van der Waals surface area (Å²) in [4.78, 5) is 13.1. The van der Waals surface area contributed by atoms with Crippen LogP contribution in [0.3, 0.4) is 0 Å². The molecule has 26 heavy (non-hydrogen) atoms. The van der Waals surface area contributed by atoms with Crippen LogP contribution < -0.4 is 5.73 Å². The summed E-state index contributed by atoms with van der Waals surface area (Å²) in [6, 6.07) is 0. The fourth-order valence-electron chi connectivity index (χ4n) is 2.87. The van der Waals surface area contributed by atoms with E-state index in [1.165, 1.54) is 89.9 Å². The van der Waals surface area contributed by atoms with E-state index >= 15 is 0 Å². The van der Waals surface area contributed by atoms with E-state index in [1.807, 2.05) is 14.1 Å². The molecule has 3 heteroatoms. The number of hydrogen-bond donors (Lipinski definition) is 1. The number of unbranched alkanes of at least 4 members (excludes halogenated alkanes) is 14. The normalized spacial score (nSPS) is 10.3. The first-order chi connectivity index (χ1) is 12.6. The van der Waals surface area contributed by atoms with Crippen LogP contribution in [0.5, 0.6) is 0 Å². The van der Waals surface area contributed by atoms with Gasteiger partial charge in [0.2, 0.25) is 5.91 Å². The van der Waals surface area contributed by atoms with Crippen LogP contribution in [0.2, 0.25) is 0 Å². The van der Waals surface area contributed by atoms with Crippen LogP contribution in [-0.4, -0.2) is 31.4 Å². The topological polar surface area (TPSA) is 46.3 Å². The summed E-state index contributed by atoms with van der Waals surface area (Å²) in [5.74, 6) is 0.273. The molecule has 0 bridgehead atoms. The van der Waals surface area contributed by atoms with Crippen molar-refractivity contribution in [1.82, 2.24) is 4.90 Å². The lowest BCUT2D eigenvalue weighted by Gasteiger charge is -2.09. The molecule has 0 aromatic rings. The Morgan fingerprint density at radius 1 is 0.615 bits per heavy atom. The van der Waals surface area contributed by atoms with Crippen molar-refractivity contribution in [2.24, 2.45) is 5.73 Å². The molecule has 0 saturated heterocycles. The van der Waals surface area contributed by atoms with E-state index in [2.05, 4.69) is 13.8 Å². The Balaban J connectivity index is 0. The molecule has 2 N–H and O–H groups in total. The van der Waals surface area contributed by atoms with Gasteiger partial charge in [-0.15, -0.1) is 0 Å². The van der Waals surface area contributed by atoms with Crippen LogP contribution in [0.25, 0.3) is 0 Å². The van der Waals surface area contributed by atoms with Crippen LogP contribution >= 0.6 is 0 Å². The maximum absolute atomic E-state index is 11.4. The second-order valence-corrected chi connectivity index (χ2v) is 7.78. The van der Waals surface area contributed by atoms with Gasteiger partial charge in [0.25, 0.3) is 0 Å². The molecule has 0 aliphatic rings. The van der Waals surface area contributed by atoms with Gasteiger partial charge < -0.3 is 10.6 Å². The lowest BCUT2D eigenvalue weighted by molar-refractivity contribution is -0.128. The molecule has 0 saturated carbocycles. The van der Waals surface area contributed by atoms with E-state index in [0.717, 1.165) is 25.8 Å². The van der Waals surface area contributed by atoms with Crippen LogP contribution in [0.4, 0.5) is 0 Å². The molecule has 0 aromatic carbocycles. The summed E-state index contributed by atoms with van der Waals surface area (Å²) in [7, 11) is 3.68. The highest BCUT2D eigenvalue weighted by Gasteiger charge is 2.02. The third-order valence-electron chi connectivity index (χ3n) is 4.78. The predicted octanol–water partition coefficient (Wildman–Crippen LogP) is 6.69. The lowest BCUT2D eigenvalue weighted by atomic mass is 10.0. The smallest absolute Gasteiger partial charge is 0.222 e. The zero-order valence-corrected chi connectivity index (χ0v) is 18.7. The maximum atomic E-state index is 11.4. The molecule has 0 aromatic heterocycles. The van der Waals surface area contributed by atoms with Gasteiger partial charge in [-0.25, -0.2) is 0 Å². The van der Waals surface area contributed by atoms with Gasteiger partial charge in [0, 0.05) is 20.5 Å². The van der Waals surface area contributed by atoms with Crippen molar-refractivity contribution in [2.75, 3.05) is 20.6 Å². The van der Waals surface area contributed by atoms with Gasteiger partial charge in [-0.1, -0.05) is 104 Å². The summed E-state index contributed by atoms with van der Waals surface area (Å²) >= 11 is 0.